The highest BCUT2D eigenvalue weighted by Gasteiger charge is 2.48. The number of nitrogens with one attached hydrogen (secondary N) is 2. The molecule has 3 aliphatic heterocycles. The Kier molecular flexibility index (Phi) is 7.46. The van der Waals surface area contributed by atoms with Gasteiger partial charge in [-0.15, -0.1) is 0 Å². The van der Waals surface area contributed by atoms with E-state index >= 15 is 0 Å². The summed E-state index contributed by atoms with van der Waals surface area (Å²) >= 11 is 0. The SMILES string of the molecule is CCN1CCN(c2cccc(-c3ccc(C#C[C@]4(CN5Cc6ccc(OC)c(F)c6C5=O)NC(=O)NC4=O)cc3)n2)CC1. The van der Waals surface area contributed by atoms with Gasteiger partial charge in [0.05, 0.1) is 24.9 Å². The lowest BCUT2D eigenvalue weighted by atomic mass is 9.98. The number of carbonyl (C=O) groups excluding carboxylic acids is 3. The summed E-state index contributed by atoms with van der Waals surface area (Å²) in [5, 5.41) is 4.79. The van der Waals surface area contributed by atoms with Crippen molar-refractivity contribution in [3.63, 3.8) is 0 Å². The second kappa shape index (κ2) is 11.4. The van der Waals surface area contributed by atoms with Crippen molar-refractivity contribution in [2.24, 2.45) is 0 Å². The van der Waals surface area contributed by atoms with Gasteiger partial charge in [-0.05, 0) is 42.4 Å². The van der Waals surface area contributed by atoms with Gasteiger partial charge in [0.1, 0.15) is 5.82 Å². The standard InChI is InChI=1S/C32H31FN6O4/c1-3-37-15-17-38(18-16-37)26-6-4-5-24(34-26)22-9-7-21(8-10-22)13-14-32(30(41)35-31(42)36-32)20-39-19-23-11-12-25(43-2)28(33)27(23)29(39)40/h4-12H,3,15-20H2,1-2H3,(H2,35,36,41,42)/t32-/m1/s1. The number of likely N-dealkylation sites (N-methyl/N-ethyl adjacent to an activating group) is 1. The predicted molar refractivity (Wildman–Crippen MR) is 158 cm³/mol. The van der Waals surface area contributed by atoms with Crippen LogP contribution in [0.15, 0.2) is 54.6 Å². The van der Waals surface area contributed by atoms with E-state index in [0.717, 1.165) is 49.8 Å². The number of hydrogen-bond acceptors (Lipinski definition) is 7. The van der Waals surface area contributed by atoms with Crippen LogP contribution in [0.25, 0.3) is 11.3 Å². The summed E-state index contributed by atoms with van der Waals surface area (Å²) in [4.78, 5) is 49.2. The number of aromatic nitrogens is 1. The summed E-state index contributed by atoms with van der Waals surface area (Å²) in [6, 6.07) is 15.8. The minimum Gasteiger partial charge on any atom is -0.494 e. The van der Waals surface area contributed by atoms with Crippen LogP contribution in [0.1, 0.15) is 28.4 Å². The third-order valence-corrected chi connectivity index (χ3v) is 8.12. The maximum absolute atomic E-state index is 14.9. The zero-order chi connectivity index (χ0) is 30.1. The van der Waals surface area contributed by atoms with Crippen LogP contribution in [-0.2, 0) is 11.3 Å². The number of carbonyl (C=O) groups is 3. The van der Waals surface area contributed by atoms with Crippen LogP contribution in [0, 0.1) is 17.7 Å². The molecule has 2 N–H and O–H groups in total. The summed E-state index contributed by atoms with van der Waals surface area (Å²) in [7, 11) is 1.32. The van der Waals surface area contributed by atoms with Gasteiger partial charge in [0.25, 0.3) is 11.8 Å². The molecule has 2 aromatic carbocycles. The Labute approximate surface area is 248 Å². The number of halogens is 1. The molecule has 2 fully saturated rings. The number of imide groups is 1. The largest absolute Gasteiger partial charge is 0.494 e. The smallest absolute Gasteiger partial charge is 0.323 e. The van der Waals surface area contributed by atoms with E-state index in [9.17, 15) is 18.8 Å². The molecule has 0 spiro atoms. The molecule has 43 heavy (non-hydrogen) atoms. The van der Waals surface area contributed by atoms with Gasteiger partial charge in [-0.25, -0.2) is 14.2 Å². The lowest BCUT2D eigenvalue weighted by Crippen LogP contribution is -2.54. The van der Waals surface area contributed by atoms with Crippen LogP contribution in [0.3, 0.4) is 0 Å². The molecule has 4 amide bonds. The van der Waals surface area contributed by atoms with E-state index in [1.54, 1.807) is 6.07 Å². The normalized spacial score (nSPS) is 19.9. The first-order chi connectivity index (χ1) is 20.8. The van der Waals surface area contributed by atoms with Crippen LogP contribution >= 0.6 is 0 Å². The van der Waals surface area contributed by atoms with Crippen molar-refractivity contribution >= 4 is 23.7 Å². The van der Waals surface area contributed by atoms with Gasteiger partial charge in [0.15, 0.2) is 11.6 Å². The van der Waals surface area contributed by atoms with Crippen molar-refractivity contribution in [3.05, 3.63) is 77.1 Å². The van der Waals surface area contributed by atoms with Gasteiger partial charge in [-0.2, -0.15) is 0 Å². The van der Waals surface area contributed by atoms with Crippen LogP contribution in [0.5, 0.6) is 5.75 Å². The molecular formula is C32H31FN6O4. The van der Waals surface area contributed by atoms with Gasteiger partial charge >= 0.3 is 6.03 Å². The first-order valence-electron chi connectivity index (χ1n) is 14.2. The fourth-order valence-electron chi connectivity index (χ4n) is 5.65. The van der Waals surface area contributed by atoms with E-state index in [2.05, 4.69) is 39.2 Å². The summed E-state index contributed by atoms with van der Waals surface area (Å²) < 4.78 is 19.9. The van der Waals surface area contributed by atoms with Gasteiger partial charge in [-0.3, -0.25) is 14.9 Å². The molecule has 220 valence electrons. The average Bonchev–Trinajstić information content (AvgIpc) is 3.50. The number of anilines is 1. The minimum atomic E-state index is -1.70. The van der Waals surface area contributed by atoms with Crippen molar-refractivity contribution in [2.45, 2.75) is 19.0 Å². The number of urea groups is 1. The Morgan fingerprint density at radius 1 is 1.02 bits per heavy atom. The zero-order valence-electron chi connectivity index (χ0n) is 23.9. The van der Waals surface area contributed by atoms with E-state index in [1.807, 2.05) is 42.5 Å². The average molecular weight is 583 g/mol. The molecule has 1 aromatic heterocycles. The van der Waals surface area contributed by atoms with E-state index < -0.39 is 29.2 Å². The summed E-state index contributed by atoms with van der Waals surface area (Å²) in [6.45, 7) is 6.93. The lowest BCUT2D eigenvalue weighted by Gasteiger charge is -2.34. The molecule has 0 aliphatic carbocycles. The number of ether oxygens (including phenoxy) is 1. The van der Waals surface area contributed by atoms with Crippen LogP contribution < -0.4 is 20.3 Å². The fourth-order valence-corrected chi connectivity index (χ4v) is 5.65. The zero-order valence-corrected chi connectivity index (χ0v) is 23.9. The number of nitrogens with zero attached hydrogens (tertiary/aromatic N) is 4. The van der Waals surface area contributed by atoms with E-state index in [-0.39, 0.29) is 24.4 Å². The van der Waals surface area contributed by atoms with Crippen molar-refractivity contribution in [1.29, 1.82) is 0 Å². The molecule has 2 saturated heterocycles. The summed E-state index contributed by atoms with van der Waals surface area (Å²) in [5.74, 6) is 4.73. The van der Waals surface area contributed by atoms with Crippen molar-refractivity contribution in [2.75, 3.05) is 51.3 Å². The maximum Gasteiger partial charge on any atom is 0.323 e. The highest BCUT2D eigenvalue weighted by Crippen LogP contribution is 2.32. The number of benzene rings is 2. The Bertz CT molecular complexity index is 1660. The third kappa shape index (κ3) is 5.37. The van der Waals surface area contributed by atoms with Crippen molar-refractivity contribution in [1.82, 2.24) is 25.4 Å². The number of hydrogen-bond donors (Lipinski definition) is 2. The molecule has 3 aromatic rings. The molecule has 3 aliphatic rings. The highest BCUT2D eigenvalue weighted by molar-refractivity contribution is 6.10. The van der Waals surface area contributed by atoms with Crippen LogP contribution in [-0.4, -0.2) is 84.5 Å². The maximum atomic E-state index is 14.9. The third-order valence-electron chi connectivity index (χ3n) is 8.12. The topological polar surface area (TPSA) is 107 Å². The molecule has 11 heteroatoms. The number of amides is 4. The second-order valence-electron chi connectivity index (χ2n) is 10.7. The van der Waals surface area contributed by atoms with Crippen LogP contribution in [0.4, 0.5) is 15.0 Å². The molecule has 0 saturated carbocycles. The number of methoxy groups -OCH3 is 1. The Morgan fingerprint density at radius 3 is 2.47 bits per heavy atom. The Morgan fingerprint density at radius 2 is 1.79 bits per heavy atom. The van der Waals surface area contributed by atoms with Gasteiger partial charge < -0.3 is 24.8 Å². The molecular weight excluding hydrogens is 551 g/mol. The lowest BCUT2D eigenvalue weighted by molar-refractivity contribution is -0.122. The quantitative estimate of drug-likeness (QED) is 0.340. The van der Waals surface area contributed by atoms with E-state index in [4.69, 9.17) is 9.72 Å². The molecule has 0 unspecified atom stereocenters. The molecule has 0 bridgehead atoms. The van der Waals surface area contributed by atoms with Gasteiger partial charge in [0.2, 0.25) is 5.54 Å². The van der Waals surface area contributed by atoms with E-state index in [1.165, 1.54) is 18.1 Å². The Hall–Kier alpha value is -4.95. The van der Waals surface area contributed by atoms with Crippen molar-refractivity contribution in [3.8, 4) is 28.8 Å². The summed E-state index contributed by atoms with van der Waals surface area (Å²) in [6.07, 6.45) is 0. The number of piperazine rings is 1. The van der Waals surface area contributed by atoms with E-state index in [0.29, 0.717) is 11.1 Å². The monoisotopic (exact) mass is 582 g/mol. The fraction of sp³-hybridized carbons (Fsp3) is 0.312. The molecule has 1 atom stereocenters. The van der Waals surface area contributed by atoms with Gasteiger partial charge in [-0.1, -0.05) is 43.0 Å². The molecule has 6 rings (SSSR count). The number of fused-ring (bicyclic) bond motifs is 1. The van der Waals surface area contributed by atoms with Crippen LogP contribution in [0.2, 0.25) is 0 Å². The van der Waals surface area contributed by atoms with Gasteiger partial charge in [0, 0.05) is 43.9 Å². The summed E-state index contributed by atoms with van der Waals surface area (Å²) in [5.41, 5.74) is 1.02. The number of pyridine rings is 1. The number of rotatable bonds is 6. The molecule has 4 heterocycles. The van der Waals surface area contributed by atoms with Crippen molar-refractivity contribution < 1.29 is 23.5 Å². The second-order valence-corrected chi connectivity index (χ2v) is 10.7. The molecule has 10 nitrogen and oxygen atoms in total. The first kappa shape index (κ1) is 28.2. The highest BCUT2D eigenvalue weighted by atomic mass is 19.1. The molecule has 0 radical (unpaired) electrons. The minimum absolute atomic E-state index is 0.0458. The predicted octanol–water partition coefficient (Wildman–Crippen LogP) is 2.62. The Balaban J connectivity index is 1.21. The first-order valence-corrected chi connectivity index (χ1v) is 14.2.